The number of unbranched alkanes of at least 4 members (excludes halogenated alkanes) is 4. The van der Waals surface area contributed by atoms with E-state index in [-0.39, 0.29) is 28.8 Å². The van der Waals surface area contributed by atoms with Gasteiger partial charge in [-0.2, -0.15) is 0 Å². The van der Waals surface area contributed by atoms with Gasteiger partial charge in [-0.1, -0.05) is 71.6 Å². The van der Waals surface area contributed by atoms with E-state index < -0.39 is 8.32 Å². The zero-order chi connectivity index (χ0) is 22.8. The summed E-state index contributed by atoms with van der Waals surface area (Å²) in [6, 6.07) is 0. The Hall–Kier alpha value is -1.20. The first kappa shape index (κ1) is 26.8. The number of allylic oxidation sites excluding steroid dienone is 3. The molecule has 172 valence electrons. The molecule has 0 aromatic heterocycles. The summed E-state index contributed by atoms with van der Waals surface area (Å²) in [4.78, 5) is 23.4. The van der Waals surface area contributed by atoms with Crippen molar-refractivity contribution in [3.63, 3.8) is 0 Å². The number of rotatable bonds is 13. The molecule has 3 atom stereocenters. The summed E-state index contributed by atoms with van der Waals surface area (Å²) in [6.07, 6.45) is 15.9. The highest BCUT2D eigenvalue weighted by Gasteiger charge is 2.38. The minimum atomic E-state index is -1.89. The van der Waals surface area contributed by atoms with Gasteiger partial charge in [0.15, 0.2) is 14.1 Å². The molecule has 0 heterocycles. The van der Waals surface area contributed by atoms with Crippen LogP contribution in [-0.2, 0) is 18.8 Å². The minimum absolute atomic E-state index is 0.0289. The fourth-order valence-corrected chi connectivity index (χ4v) is 4.84. The van der Waals surface area contributed by atoms with Crippen LogP contribution in [0.15, 0.2) is 24.3 Å². The van der Waals surface area contributed by atoms with E-state index in [0.717, 1.165) is 44.9 Å². The first-order valence-electron chi connectivity index (χ1n) is 11.7. The van der Waals surface area contributed by atoms with Crippen molar-refractivity contribution in [2.75, 3.05) is 7.11 Å². The van der Waals surface area contributed by atoms with Gasteiger partial charge < -0.3 is 9.16 Å². The lowest BCUT2D eigenvalue weighted by molar-refractivity contribution is -0.140. The van der Waals surface area contributed by atoms with Crippen LogP contribution in [0, 0.1) is 11.8 Å². The zero-order valence-electron chi connectivity index (χ0n) is 20.3. The number of carbonyl (C=O) groups is 2. The van der Waals surface area contributed by atoms with E-state index in [1.165, 1.54) is 7.11 Å². The van der Waals surface area contributed by atoms with Gasteiger partial charge in [0.05, 0.1) is 13.2 Å². The van der Waals surface area contributed by atoms with Crippen LogP contribution >= 0.6 is 0 Å². The molecule has 1 rings (SSSR count). The molecule has 0 saturated carbocycles. The van der Waals surface area contributed by atoms with Gasteiger partial charge >= 0.3 is 5.97 Å². The number of ether oxygens (including phenoxy) is 1. The van der Waals surface area contributed by atoms with Crippen molar-refractivity contribution in [2.24, 2.45) is 11.8 Å². The summed E-state index contributed by atoms with van der Waals surface area (Å²) in [5, 5.41) is 0.156. The molecular weight excluding hydrogens is 392 g/mol. The summed E-state index contributed by atoms with van der Waals surface area (Å²) in [7, 11) is -0.447. The lowest BCUT2D eigenvalue weighted by atomic mass is 9.91. The molecule has 0 aliphatic heterocycles. The molecule has 5 heteroatoms. The van der Waals surface area contributed by atoms with Crippen LogP contribution in [0.5, 0.6) is 0 Å². The number of ketones is 1. The second-order valence-corrected chi connectivity index (χ2v) is 14.8. The summed E-state index contributed by atoms with van der Waals surface area (Å²) in [5.74, 6) is 0.384. The maximum Gasteiger partial charge on any atom is 0.305 e. The van der Waals surface area contributed by atoms with Gasteiger partial charge in [0, 0.05) is 12.3 Å². The van der Waals surface area contributed by atoms with E-state index in [1.807, 2.05) is 0 Å². The topological polar surface area (TPSA) is 52.6 Å². The molecule has 1 aliphatic rings. The van der Waals surface area contributed by atoms with Crippen LogP contribution < -0.4 is 0 Å². The Bertz CT molecular complexity index is 601. The van der Waals surface area contributed by atoms with Crippen molar-refractivity contribution in [3.05, 3.63) is 24.3 Å². The van der Waals surface area contributed by atoms with Gasteiger partial charge in [-0.05, 0) is 49.4 Å². The third-order valence-corrected chi connectivity index (χ3v) is 11.2. The molecule has 1 aliphatic carbocycles. The Labute approximate surface area is 185 Å². The normalized spacial score (nSPS) is 20.8. The van der Waals surface area contributed by atoms with E-state index in [1.54, 1.807) is 6.08 Å². The highest BCUT2D eigenvalue weighted by atomic mass is 28.4. The smallest absolute Gasteiger partial charge is 0.305 e. The van der Waals surface area contributed by atoms with E-state index in [9.17, 15) is 9.59 Å². The van der Waals surface area contributed by atoms with Crippen molar-refractivity contribution in [2.45, 2.75) is 103 Å². The number of carbonyl (C=O) groups excluding carboxylic acids is 2. The third-order valence-electron chi connectivity index (χ3n) is 6.65. The molecule has 0 aromatic rings. The predicted octanol–water partition coefficient (Wildman–Crippen LogP) is 6.62. The lowest BCUT2D eigenvalue weighted by Gasteiger charge is -2.38. The van der Waals surface area contributed by atoms with Gasteiger partial charge in [0.25, 0.3) is 0 Å². The highest BCUT2D eigenvalue weighted by Crippen LogP contribution is 2.38. The Kier molecular flexibility index (Phi) is 11.3. The first-order valence-corrected chi connectivity index (χ1v) is 14.6. The fourth-order valence-electron chi connectivity index (χ4n) is 3.53. The molecule has 0 bridgehead atoms. The van der Waals surface area contributed by atoms with Crippen LogP contribution in [0.4, 0.5) is 0 Å². The van der Waals surface area contributed by atoms with Crippen molar-refractivity contribution in [3.8, 4) is 0 Å². The summed E-state index contributed by atoms with van der Waals surface area (Å²) < 4.78 is 11.4. The van der Waals surface area contributed by atoms with E-state index in [0.29, 0.717) is 12.3 Å². The van der Waals surface area contributed by atoms with Crippen molar-refractivity contribution in [1.29, 1.82) is 0 Å². The Morgan fingerprint density at radius 2 is 1.80 bits per heavy atom. The standard InChI is InChI=1S/C25H44O4Si/c1-8-20-16-19-23(26)22(20)18-17-21(29-30(6,7)25(2,3)4)14-12-10-9-11-13-15-24(27)28-5/h16-22H,8-15H2,1-7H3/b18-17+/t20-,21-,22-/m0/s1. The van der Waals surface area contributed by atoms with Crippen LogP contribution in [-0.4, -0.2) is 33.3 Å². The molecule has 30 heavy (non-hydrogen) atoms. The van der Waals surface area contributed by atoms with Gasteiger partial charge in [-0.25, -0.2) is 0 Å². The SMILES string of the molecule is CC[C@H]1C=CC(=O)[C@H]1/C=C/[C@H](CCCCCCCC(=O)OC)O[Si](C)(C)C(C)(C)C. The van der Waals surface area contributed by atoms with E-state index >= 15 is 0 Å². The fraction of sp³-hybridized carbons (Fsp3) is 0.760. The molecule has 0 N–H and O–H groups in total. The lowest BCUT2D eigenvalue weighted by Crippen LogP contribution is -2.43. The number of esters is 1. The Balaban J connectivity index is 2.62. The molecule has 0 radical (unpaired) electrons. The average Bonchev–Trinajstić information content (AvgIpc) is 3.03. The second kappa shape index (κ2) is 12.6. The molecule has 0 fully saturated rings. The van der Waals surface area contributed by atoms with Gasteiger partial charge in [-0.3, -0.25) is 9.59 Å². The monoisotopic (exact) mass is 436 g/mol. The largest absolute Gasteiger partial charge is 0.469 e. The number of hydrogen-bond acceptors (Lipinski definition) is 4. The molecule has 0 unspecified atom stereocenters. The van der Waals surface area contributed by atoms with Gasteiger partial charge in [0.1, 0.15) is 0 Å². The second-order valence-electron chi connectivity index (χ2n) is 10.0. The first-order chi connectivity index (χ1) is 14.0. The van der Waals surface area contributed by atoms with Crippen LogP contribution in [0.25, 0.3) is 0 Å². The maximum atomic E-state index is 12.2. The molecule has 4 nitrogen and oxygen atoms in total. The predicted molar refractivity (Wildman–Crippen MR) is 127 cm³/mol. The Morgan fingerprint density at radius 1 is 1.17 bits per heavy atom. The van der Waals surface area contributed by atoms with Gasteiger partial charge in [-0.15, -0.1) is 0 Å². The summed E-state index contributed by atoms with van der Waals surface area (Å²) in [5.41, 5.74) is 0. The Morgan fingerprint density at radius 3 is 2.40 bits per heavy atom. The van der Waals surface area contributed by atoms with Crippen LogP contribution in [0.3, 0.4) is 0 Å². The van der Waals surface area contributed by atoms with Crippen molar-refractivity contribution in [1.82, 2.24) is 0 Å². The molecule has 0 spiro atoms. The number of methoxy groups -OCH3 is 1. The molecule has 0 saturated heterocycles. The van der Waals surface area contributed by atoms with E-state index in [2.05, 4.69) is 63.8 Å². The van der Waals surface area contributed by atoms with E-state index in [4.69, 9.17) is 4.43 Å². The number of hydrogen-bond donors (Lipinski definition) is 0. The maximum absolute atomic E-state index is 12.2. The third kappa shape index (κ3) is 8.89. The summed E-state index contributed by atoms with van der Waals surface area (Å²) >= 11 is 0. The molecule has 0 aromatic carbocycles. The van der Waals surface area contributed by atoms with Crippen LogP contribution in [0.1, 0.15) is 79.1 Å². The van der Waals surface area contributed by atoms with Crippen molar-refractivity contribution < 1.29 is 18.8 Å². The highest BCUT2D eigenvalue weighted by molar-refractivity contribution is 6.74. The average molecular weight is 437 g/mol. The quantitative estimate of drug-likeness (QED) is 0.141. The summed E-state index contributed by atoms with van der Waals surface area (Å²) in [6.45, 7) is 13.5. The molecular formula is C25H44O4Si. The van der Waals surface area contributed by atoms with Gasteiger partial charge in [0.2, 0.25) is 0 Å². The zero-order valence-corrected chi connectivity index (χ0v) is 21.3. The minimum Gasteiger partial charge on any atom is -0.469 e. The van der Waals surface area contributed by atoms with Crippen LogP contribution in [0.2, 0.25) is 18.1 Å². The molecule has 0 amide bonds. The van der Waals surface area contributed by atoms with Crippen molar-refractivity contribution >= 4 is 20.1 Å².